The summed E-state index contributed by atoms with van der Waals surface area (Å²) in [6.07, 6.45) is 1.31. The third-order valence-electron chi connectivity index (χ3n) is 2.52. The Hall–Kier alpha value is -3.09. The Morgan fingerprint density at radius 3 is 2.55 bits per heavy atom. The van der Waals surface area contributed by atoms with Crippen molar-refractivity contribution in [2.24, 2.45) is 0 Å². The van der Waals surface area contributed by atoms with Crippen LogP contribution in [0.5, 0.6) is 5.75 Å². The van der Waals surface area contributed by atoms with Crippen LogP contribution in [0.2, 0.25) is 0 Å². The minimum atomic E-state index is -1.29. The molecule has 0 unspecified atom stereocenters. The highest BCUT2D eigenvalue weighted by atomic mass is 16.4. The lowest BCUT2D eigenvalue weighted by molar-refractivity contribution is 0.0697. The lowest BCUT2D eigenvalue weighted by Gasteiger charge is -2.08. The van der Waals surface area contributed by atoms with Gasteiger partial charge in [0.2, 0.25) is 5.56 Å². The summed E-state index contributed by atoms with van der Waals surface area (Å²) in [5.74, 6) is -2.14. The molecule has 1 aromatic carbocycles. The van der Waals surface area contributed by atoms with Crippen molar-refractivity contribution in [3.8, 4) is 5.75 Å². The normalized spacial score (nSPS) is 10.0. The van der Waals surface area contributed by atoms with Crippen molar-refractivity contribution < 1.29 is 19.8 Å². The van der Waals surface area contributed by atoms with Gasteiger partial charge in [-0.15, -0.1) is 0 Å². The summed E-state index contributed by atoms with van der Waals surface area (Å²) in [6, 6.07) is 6.02. The van der Waals surface area contributed by atoms with Crippen LogP contribution in [-0.4, -0.2) is 27.1 Å². The average molecular weight is 274 g/mol. The first-order valence-electron chi connectivity index (χ1n) is 5.54. The standard InChI is InChI=1S/C13H10N2O5/c16-8-1-2-10(9(6-8)13(19)20)15-12(18)7-3-4-14-11(17)5-7/h1-6,16H,(H,14,17)(H,15,18)(H,19,20). The molecular formula is C13H10N2O5. The summed E-state index contributed by atoms with van der Waals surface area (Å²) >= 11 is 0. The maximum absolute atomic E-state index is 11.9. The molecule has 7 nitrogen and oxygen atoms in total. The van der Waals surface area contributed by atoms with Crippen LogP contribution in [0, 0.1) is 0 Å². The van der Waals surface area contributed by atoms with Crippen molar-refractivity contribution in [1.29, 1.82) is 0 Å². The fourth-order valence-electron chi connectivity index (χ4n) is 1.60. The second-order valence-electron chi connectivity index (χ2n) is 3.93. The molecule has 0 atom stereocenters. The quantitative estimate of drug-likeness (QED) is 0.623. The molecule has 0 saturated heterocycles. The summed E-state index contributed by atoms with van der Waals surface area (Å²) in [7, 11) is 0. The number of nitrogens with one attached hydrogen (secondary N) is 2. The molecule has 1 aromatic heterocycles. The van der Waals surface area contributed by atoms with Crippen LogP contribution in [0.4, 0.5) is 5.69 Å². The molecule has 0 spiro atoms. The number of carbonyl (C=O) groups excluding carboxylic acids is 1. The van der Waals surface area contributed by atoms with Crippen LogP contribution in [-0.2, 0) is 0 Å². The third kappa shape index (κ3) is 2.83. The molecule has 0 aliphatic carbocycles. The van der Waals surface area contributed by atoms with E-state index in [0.717, 1.165) is 12.1 Å². The van der Waals surface area contributed by atoms with E-state index >= 15 is 0 Å². The van der Waals surface area contributed by atoms with Gasteiger partial charge in [-0.1, -0.05) is 0 Å². The number of rotatable bonds is 3. The monoisotopic (exact) mass is 274 g/mol. The Labute approximate surface area is 112 Å². The van der Waals surface area contributed by atoms with E-state index in [9.17, 15) is 19.5 Å². The van der Waals surface area contributed by atoms with Gasteiger partial charge in [-0.2, -0.15) is 0 Å². The van der Waals surface area contributed by atoms with E-state index < -0.39 is 17.4 Å². The Kier molecular flexibility index (Phi) is 3.52. The number of carboxylic acids is 1. The molecule has 2 aromatic rings. The SMILES string of the molecule is O=C(Nc1ccc(O)cc1C(=O)O)c1cc[nH]c(=O)c1. The van der Waals surface area contributed by atoms with E-state index in [0.29, 0.717) is 0 Å². The van der Waals surface area contributed by atoms with Gasteiger partial charge in [0.25, 0.3) is 5.91 Å². The Morgan fingerprint density at radius 1 is 1.15 bits per heavy atom. The molecule has 2 rings (SSSR count). The molecular weight excluding hydrogens is 264 g/mol. The molecule has 0 aliphatic heterocycles. The van der Waals surface area contributed by atoms with E-state index in [2.05, 4.69) is 10.3 Å². The molecule has 0 radical (unpaired) electrons. The predicted molar refractivity (Wildman–Crippen MR) is 70.1 cm³/mol. The maximum atomic E-state index is 11.9. The average Bonchev–Trinajstić information content (AvgIpc) is 2.40. The zero-order valence-corrected chi connectivity index (χ0v) is 10.1. The van der Waals surface area contributed by atoms with E-state index in [-0.39, 0.29) is 22.6 Å². The van der Waals surface area contributed by atoms with Gasteiger partial charge in [-0.3, -0.25) is 9.59 Å². The van der Waals surface area contributed by atoms with Crippen molar-refractivity contribution in [1.82, 2.24) is 4.98 Å². The second kappa shape index (κ2) is 5.27. The van der Waals surface area contributed by atoms with Crippen LogP contribution in [0.15, 0.2) is 41.3 Å². The van der Waals surface area contributed by atoms with Gasteiger partial charge in [0.05, 0.1) is 11.3 Å². The molecule has 7 heteroatoms. The molecule has 0 bridgehead atoms. The maximum Gasteiger partial charge on any atom is 0.337 e. The van der Waals surface area contributed by atoms with Crippen LogP contribution < -0.4 is 10.9 Å². The fraction of sp³-hybridized carbons (Fsp3) is 0. The summed E-state index contributed by atoms with van der Waals surface area (Å²) in [5, 5.41) is 20.6. The number of aromatic carboxylic acids is 1. The number of amides is 1. The van der Waals surface area contributed by atoms with E-state index in [1.54, 1.807) is 0 Å². The van der Waals surface area contributed by atoms with Crippen molar-refractivity contribution >= 4 is 17.6 Å². The number of benzene rings is 1. The van der Waals surface area contributed by atoms with Crippen molar-refractivity contribution in [2.75, 3.05) is 5.32 Å². The minimum Gasteiger partial charge on any atom is -0.508 e. The summed E-state index contributed by atoms with van der Waals surface area (Å²) in [5.41, 5.74) is -0.566. The van der Waals surface area contributed by atoms with Gasteiger partial charge in [-0.05, 0) is 24.3 Å². The Morgan fingerprint density at radius 2 is 1.90 bits per heavy atom. The minimum absolute atomic E-state index is 0.0283. The number of carbonyl (C=O) groups is 2. The number of aromatic hydroxyl groups is 1. The van der Waals surface area contributed by atoms with Crippen LogP contribution in [0.1, 0.15) is 20.7 Å². The van der Waals surface area contributed by atoms with Crippen molar-refractivity contribution in [3.05, 3.63) is 58.0 Å². The Bertz CT molecular complexity index is 736. The van der Waals surface area contributed by atoms with E-state index in [1.807, 2.05) is 0 Å². The number of H-pyrrole nitrogens is 1. The fourth-order valence-corrected chi connectivity index (χ4v) is 1.60. The number of hydrogen-bond acceptors (Lipinski definition) is 4. The number of aromatic amines is 1. The Balaban J connectivity index is 2.33. The van der Waals surface area contributed by atoms with Gasteiger partial charge in [-0.25, -0.2) is 4.79 Å². The lowest BCUT2D eigenvalue weighted by atomic mass is 10.1. The van der Waals surface area contributed by atoms with Gasteiger partial charge in [0, 0.05) is 17.8 Å². The van der Waals surface area contributed by atoms with Crippen LogP contribution in [0.25, 0.3) is 0 Å². The third-order valence-corrected chi connectivity index (χ3v) is 2.52. The first-order valence-corrected chi connectivity index (χ1v) is 5.54. The second-order valence-corrected chi connectivity index (χ2v) is 3.93. The molecule has 0 saturated carbocycles. The number of phenolic OH excluding ortho intramolecular Hbond substituents is 1. The zero-order chi connectivity index (χ0) is 14.7. The molecule has 1 heterocycles. The first kappa shape index (κ1) is 13.3. The topological polar surface area (TPSA) is 119 Å². The number of carboxylic acid groups (broad SMARTS) is 1. The zero-order valence-electron chi connectivity index (χ0n) is 10.1. The molecule has 102 valence electrons. The van der Waals surface area contributed by atoms with Crippen LogP contribution >= 0.6 is 0 Å². The number of aromatic nitrogens is 1. The van der Waals surface area contributed by atoms with Gasteiger partial charge in [0.1, 0.15) is 5.75 Å². The van der Waals surface area contributed by atoms with E-state index in [1.165, 1.54) is 24.4 Å². The smallest absolute Gasteiger partial charge is 0.337 e. The highest BCUT2D eigenvalue weighted by Gasteiger charge is 2.14. The first-order chi connectivity index (χ1) is 9.47. The molecule has 20 heavy (non-hydrogen) atoms. The molecule has 0 aliphatic rings. The number of pyridine rings is 1. The van der Waals surface area contributed by atoms with Gasteiger partial charge in [0.15, 0.2) is 0 Å². The highest BCUT2D eigenvalue weighted by Crippen LogP contribution is 2.21. The van der Waals surface area contributed by atoms with Gasteiger partial charge < -0.3 is 20.5 Å². The summed E-state index contributed by atoms with van der Waals surface area (Å²) in [6.45, 7) is 0. The molecule has 4 N–H and O–H groups in total. The molecule has 0 fully saturated rings. The largest absolute Gasteiger partial charge is 0.508 e. The number of phenols is 1. The number of hydrogen-bond donors (Lipinski definition) is 4. The van der Waals surface area contributed by atoms with Crippen molar-refractivity contribution in [3.63, 3.8) is 0 Å². The van der Waals surface area contributed by atoms with Crippen molar-refractivity contribution in [2.45, 2.75) is 0 Å². The predicted octanol–water partition coefficient (Wildman–Crippen LogP) is 1.03. The summed E-state index contributed by atoms with van der Waals surface area (Å²) < 4.78 is 0. The number of anilines is 1. The summed E-state index contributed by atoms with van der Waals surface area (Å²) in [4.78, 5) is 36.4. The van der Waals surface area contributed by atoms with Crippen LogP contribution in [0.3, 0.4) is 0 Å². The van der Waals surface area contributed by atoms with Gasteiger partial charge >= 0.3 is 5.97 Å². The lowest BCUT2D eigenvalue weighted by Crippen LogP contribution is -2.17. The molecule has 1 amide bonds. The van der Waals surface area contributed by atoms with E-state index in [4.69, 9.17) is 5.11 Å². The highest BCUT2D eigenvalue weighted by molar-refractivity contribution is 6.07.